The van der Waals surface area contributed by atoms with E-state index in [1.807, 2.05) is 0 Å². The first-order chi connectivity index (χ1) is 9.04. The third-order valence-electron chi connectivity index (χ3n) is 2.54. The number of benzene rings is 1. The Labute approximate surface area is 106 Å². The number of halogens is 2. The predicted molar refractivity (Wildman–Crippen MR) is 62.9 cm³/mol. The Bertz CT molecular complexity index is 627. The van der Waals surface area contributed by atoms with Gasteiger partial charge in [-0.1, -0.05) is 0 Å². The monoisotopic (exact) mass is 268 g/mol. The van der Waals surface area contributed by atoms with Crippen LogP contribution in [0.1, 0.15) is 5.82 Å². The number of aromatic nitrogens is 2. The molecule has 0 fully saturated rings. The van der Waals surface area contributed by atoms with Gasteiger partial charge in [0.2, 0.25) is 5.82 Å². The molecule has 0 saturated carbocycles. The molecule has 0 saturated heterocycles. The highest BCUT2D eigenvalue weighted by Gasteiger charge is 2.24. The van der Waals surface area contributed by atoms with E-state index in [-0.39, 0.29) is 12.2 Å². The summed E-state index contributed by atoms with van der Waals surface area (Å²) < 4.78 is 28.1. The summed E-state index contributed by atoms with van der Waals surface area (Å²) in [6.07, 6.45) is 3.12. The molecular weight excluding hydrogens is 258 g/mol. The minimum atomic E-state index is -1.23. The zero-order chi connectivity index (χ0) is 14.0. The van der Waals surface area contributed by atoms with Crippen LogP contribution in [0.2, 0.25) is 0 Å². The van der Waals surface area contributed by atoms with E-state index in [9.17, 15) is 18.9 Å². The van der Waals surface area contributed by atoms with Crippen molar-refractivity contribution in [3.05, 3.63) is 52.1 Å². The number of rotatable bonds is 4. The quantitative estimate of drug-likeness (QED) is 0.673. The SMILES string of the molecule is NCCc1nccn1-c1cc(F)cc(F)c1[N+](=O)[O-]. The molecule has 6 nitrogen and oxygen atoms in total. The molecular formula is C11H10F2N4O2. The van der Waals surface area contributed by atoms with Gasteiger partial charge < -0.3 is 5.73 Å². The highest BCUT2D eigenvalue weighted by molar-refractivity contribution is 5.54. The standard InChI is InChI=1S/C11H10F2N4O2/c12-7-5-8(13)11(17(18)19)9(6-7)16-4-3-15-10(16)1-2-14/h3-6H,1-2,14H2. The summed E-state index contributed by atoms with van der Waals surface area (Å²) in [6.45, 7) is 0.266. The van der Waals surface area contributed by atoms with Crippen molar-refractivity contribution in [1.82, 2.24) is 9.55 Å². The molecule has 1 heterocycles. The summed E-state index contributed by atoms with van der Waals surface area (Å²) in [4.78, 5) is 14.0. The van der Waals surface area contributed by atoms with E-state index in [1.54, 1.807) is 0 Å². The molecule has 2 rings (SSSR count). The normalized spacial score (nSPS) is 10.7. The first-order valence-electron chi connectivity index (χ1n) is 5.40. The molecule has 0 atom stereocenters. The molecule has 2 aromatic rings. The van der Waals surface area contributed by atoms with Crippen LogP contribution in [0.4, 0.5) is 14.5 Å². The number of hydrogen-bond donors (Lipinski definition) is 1. The maximum atomic E-state index is 13.5. The third kappa shape index (κ3) is 2.43. The van der Waals surface area contributed by atoms with Gasteiger partial charge >= 0.3 is 5.69 Å². The van der Waals surface area contributed by atoms with E-state index in [2.05, 4.69) is 4.98 Å². The number of imidazole rings is 1. The Morgan fingerprint density at radius 2 is 2.16 bits per heavy atom. The van der Waals surface area contributed by atoms with E-state index >= 15 is 0 Å². The number of nitro groups is 1. The van der Waals surface area contributed by atoms with Gasteiger partial charge in [0.1, 0.15) is 17.3 Å². The first-order valence-corrected chi connectivity index (χ1v) is 5.40. The van der Waals surface area contributed by atoms with Crippen molar-refractivity contribution in [1.29, 1.82) is 0 Å². The zero-order valence-corrected chi connectivity index (χ0v) is 9.72. The molecule has 0 aliphatic carbocycles. The molecule has 0 aliphatic rings. The van der Waals surface area contributed by atoms with Crippen LogP contribution in [0.25, 0.3) is 5.69 Å². The van der Waals surface area contributed by atoms with Crippen molar-refractivity contribution in [2.75, 3.05) is 6.54 Å². The molecule has 1 aromatic heterocycles. The molecule has 0 amide bonds. The van der Waals surface area contributed by atoms with Gasteiger partial charge in [-0.05, 0) is 6.54 Å². The van der Waals surface area contributed by atoms with Gasteiger partial charge in [0.05, 0.1) is 4.92 Å². The van der Waals surface area contributed by atoms with E-state index in [1.165, 1.54) is 17.0 Å². The van der Waals surface area contributed by atoms with Crippen molar-refractivity contribution < 1.29 is 13.7 Å². The predicted octanol–water partition coefficient (Wildman–Crippen LogP) is 1.56. The lowest BCUT2D eigenvalue weighted by molar-refractivity contribution is -0.387. The fourth-order valence-electron chi connectivity index (χ4n) is 1.78. The summed E-state index contributed by atoms with van der Waals surface area (Å²) in [6, 6.07) is 1.37. The number of nitrogens with two attached hydrogens (primary N) is 1. The Hall–Kier alpha value is -2.35. The zero-order valence-electron chi connectivity index (χ0n) is 9.72. The van der Waals surface area contributed by atoms with Crippen LogP contribution in [0.5, 0.6) is 0 Å². The van der Waals surface area contributed by atoms with Crippen LogP contribution >= 0.6 is 0 Å². The average molecular weight is 268 g/mol. The summed E-state index contributed by atoms with van der Waals surface area (Å²) in [5.41, 5.74) is 4.39. The molecule has 19 heavy (non-hydrogen) atoms. The molecule has 8 heteroatoms. The molecule has 0 unspecified atom stereocenters. The fourth-order valence-corrected chi connectivity index (χ4v) is 1.78. The summed E-state index contributed by atoms with van der Waals surface area (Å²) in [5.74, 6) is -1.73. The van der Waals surface area contributed by atoms with Gasteiger partial charge in [-0.3, -0.25) is 14.7 Å². The minimum Gasteiger partial charge on any atom is -0.330 e. The number of hydrogen-bond acceptors (Lipinski definition) is 4. The van der Waals surface area contributed by atoms with Gasteiger partial charge in [-0.25, -0.2) is 9.37 Å². The van der Waals surface area contributed by atoms with E-state index in [0.29, 0.717) is 18.3 Å². The van der Waals surface area contributed by atoms with E-state index in [0.717, 1.165) is 6.07 Å². The number of nitro benzene ring substituents is 1. The molecule has 0 aliphatic heterocycles. The topological polar surface area (TPSA) is 87.0 Å². The lowest BCUT2D eigenvalue weighted by atomic mass is 10.2. The van der Waals surface area contributed by atoms with Crippen LogP contribution < -0.4 is 5.73 Å². The van der Waals surface area contributed by atoms with Crippen molar-refractivity contribution in [2.45, 2.75) is 6.42 Å². The van der Waals surface area contributed by atoms with Crippen molar-refractivity contribution in [2.24, 2.45) is 5.73 Å². The third-order valence-corrected chi connectivity index (χ3v) is 2.54. The molecule has 2 N–H and O–H groups in total. The van der Waals surface area contributed by atoms with Crippen molar-refractivity contribution in [3.63, 3.8) is 0 Å². The minimum absolute atomic E-state index is 0.205. The van der Waals surface area contributed by atoms with Crippen molar-refractivity contribution in [3.8, 4) is 5.69 Å². The van der Waals surface area contributed by atoms with Gasteiger partial charge in [-0.2, -0.15) is 4.39 Å². The summed E-state index contributed by atoms with van der Waals surface area (Å²) in [7, 11) is 0. The molecule has 0 radical (unpaired) electrons. The van der Waals surface area contributed by atoms with Gasteiger partial charge in [0.25, 0.3) is 0 Å². The lowest BCUT2D eigenvalue weighted by Crippen LogP contribution is -2.10. The molecule has 0 spiro atoms. The lowest BCUT2D eigenvalue weighted by Gasteiger charge is -2.08. The second kappa shape index (κ2) is 5.11. The highest BCUT2D eigenvalue weighted by atomic mass is 19.1. The Morgan fingerprint density at radius 1 is 1.42 bits per heavy atom. The molecule has 1 aromatic carbocycles. The van der Waals surface area contributed by atoms with Gasteiger partial charge in [0.15, 0.2) is 0 Å². The fraction of sp³-hybridized carbons (Fsp3) is 0.182. The number of nitrogens with zero attached hydrogens (tertiary/aromatic N) is 3. The smallest absolute Gasteiger partial charge is 0.328 e. The summed E-state index contributed by atoms with van der Waals surface area (Å²) in [5, 5.41) is 10.9. The van der Waals surface area contributed by atoms with E-state index < -0.39 is 22.2 Å². The average Bonchev–Trinajstić information content (AvgIpc) is 2.75. The van der Waals surface area contributed by atoms with Crippen LogP contribution in [-0.4, -0.2) is 21.0 Å². The maximum Gasteiger partial charge on any atom is 0.328 e. The van der Waals surface area contributed by atoms with Crippen LogP contribution in [0.3, 0.4) is 0 Å². The molecule has 0 bridgehead atoms. The first kappa shape index (κ1) is 13.1. The van der Waals surface area contributed by atoms with Gasteiger partial charge in [0, 0.05) is 30.9 Å². The second-order valence-electron chi connectivity index (χ2n) is 3.76. The Balaban J connectivity index is 2.66. The van der Waals surface area contributed by atoms with Crippen LogP contribution in [0.15, 0.2) is 24.5 Å². The van der Waals surface area contributed by atoms with Crippen LogP contribution in [-0.2, 0) is 6.42 Å². The largest absolute Gasteiger partial charge is 0.330 e. The highest BCUT2D eigenvalue weighted by Crippen LogP contribution is 2.28. The Morgan fingerprint density at radius 3 is 2.79 bits per heavy atom. The maximum absolute atomic E-state index is 13.5. The summed E-state index contributed by atoms with van der Waals surface area (Å²) >= 11 is 0. The van der Waals surface area contributed by atoms with Gasteiger partial charge in [-0.15, -0.1) is 0 Å². The second-order valence-corrected chi connectivity index (χ2v) is 3.76. The van der Waals surface area contributed by atoms with E-state index in [4.69, 9.17) is 5.73 Å². The van der Waals surface area contributed by atoms with Crippen LogP contribution in [0, 0.1) is 21.7 Å². The molecule has 100 valence electrons. The van der Waals surface area contributed by atoms with Crippen molar-refractivity contribution >= 4 is 5.69 Å². The Kier molecular flexibility index (Phi) is 3.52.